The van der Waals surface area contributed by atoms with Crippen molar-refractivity contribution in [3.8, 4) is 0 Å². The van der Waals surface area contributed by atoms with Gasteiger partial charge in [-0.1, -0.05) is 18.2 Å². The highest BCUT2D eigenvalue weighted by molar-refractivity contribution is 5.97. The maximum absolute atomic E-state index is 12.3. The van der Waals surface area contributed by atoms with E-state index in [4.69, 9.17) is 0 Å². The second-order valence-electron chi connectivity index (χ2n) is 4.77. The van der Waals surface area contributed by atoms with Crippen LogP contribution in [0, 0.1) is 0 Å². The van der Waals surface area contributed by atoms with E-state index in [0.717, 1.165) is 36.8 Å². The summed E-state index contributed by atoms with van der Waals surface area (Å²) in [5.74, 6) is 0.118. The first-order valence-electron chi connectivity index (χ1n) is 6.49. The summed E-state index contributed by atoms with van der Waals surface area (Å²) < 4.78 is 0. The largest absolute Gasteiger partial charge is 0.339 e. The van der Waals surface area contributed by atoms with Crippen LogP contribution in [0.15, 0.2) is 36.5 Å². The Balaban J connectivity index is 0.00000133. The monoisotopic (exact) mass is 276 g/mol. The van der Waals surface area contributed by atoms with Gasteiger partial charge in [0.15, 0.2) is 0 Å². The molecule has 0 spiro atoms. The van der Waals surface area contributed by atoms with Crippen LogP contribution in [-0.4, -0.2) is 28.9 Å². The number of pyridine rings is 1. The van der Waals surface area contributed by atoms with E-state index in [2.05, 4.69) is 4.98 Å². The Hall–Kier alpha value is -1.61. The minimum atomic E-state index is 0. The molecule has 3 nitrogen and oxygen atoms in total. The van der Waals surface area contributed by atoms with Crippen molar-refractivity contribution >= 4 is 29.2 Å². The smallest absolute Gasteiger partial charge is 0.255 e. The molecule has 1 fully saturated rings. The summed E-state index contributed by atoms with van der Waals surface area (Å²) in [7, 11) is 0. The van der Waals surface area contributed by atoms with Crippen molar-refractivity contribution in [2.24, 2.45) is 0 Å². The van der Waals surface area contributed by atoms with E-state index in [9.17, 15) is 4.79 Å². The third-order valence-electron chi connectivity index (χ3n) is 3.48. The molecule has 1 aromatic carbocycles. The molecule has 4 heteroatoms. The highest BCUT2D eigenvalue weighted by Gasteiger charge is 2.18. The fourth-order valence-corrected chi connectivity index (χ4v) is 2.47. The zero-order valence-corrected chi connectivity index (χ0v) is 11.5. The molecule has 0 bridgehead atoms. The molecule has 2 heterocycles. The Labute approximate surface area is 119 Å². The molecule has 1 aliphatic rings. The molecule has 1 amide bonds. The Kier molecular flexibility index (Phi) is 4.38. The number of hydrogen-bond donors (Lipinski definition) is 0. The lowest BCUT2D eigenvalue weighted by Gasteiger charge is -2.26. The fraction of sp³-hybridized carbons (Fsp3) is 0.333. The van der Waals surface area contributed by atoms with Gasteiger partial charge in [-0.05, 0) is 31.4 Å². The predicted molar refractivity (Wildman–Crippen MR) is 78.7 cm³/mol. The average molecular weight is 277 g/mol. The number of para-hydroxylation sites is 1. The van der Waals surface area contributed by atoms with Gasteiger partial charge in [0.1, 0.15) is 0 Å². The van der Waals surface area contributed by atoms with Gasteiger partial charge in [-0.2, -0.15) is 0 Å². The number of likely N-dealkylation sites (tertiary alicyclic amines) is 1. The minimum Gasteiger partial charge on any atom is -0.339 e. The third kappa shape index (κ3) is 2.87. The first-order chi connectivity index (χ1) is 8.84. The maximum Gasteiger partial charge on any atom is 0.255 e. The lowest BCUT2D eigenvalue weighted by molar-refractivity contribution is 0.0724. The van der Waals surface area contributed by atoms with E-state index >= 15 is 0 Å². The summed E-state index contributed by atoms with van der Waals surface area (Å²) in [6.45, 7) is 1.76. The predicted octanol–water partition coefficient (Wildman–Crippen LogP) is 3.28. The second-order valence-corrected chi connectivity index (χ2v) is 4.77. The normalized spacial score (nSPS) is 15.1. The molecule has 1 aromatic heterocycles. The summed E-state index contributed by atoms with van der Waals surface area (Å²) in [6.07, 6.45) is 5.17. The highest BCUT2D eigenvalue weighted by Crippen LogP contribution is 2.16. The zero-order valence-electron chi connectivity index (χ0n) is 10.7. The third-order valence-corrected chi connectivity index (χ3v) is 3.48. The van der Waals surface area contributed by atoms with Crippen LogP contribution >= 0.6 is 12.4 Å². The van der Waals surface area contributed by atoms with E-state index in [1.54, 1.807) is 6.20 Å². The van der Waals surface area contributed by atoms with E-state index in [1.807, 2.05) is 35.2 Å². The summed E-state index contributed by atoms with van der Waals surface area (Å²) >= 11 is 0. The van der Waals surface area contributed by atoms with E-state index in [-0.39, 0.29) is 18.3 Å². The number of piperidine rings is 1. The van der Waals surface area contributed by atoms with Crippen molar-refractivity contribution < 1.29 is 4.79 Å². The quantitative estimate of drug-likeness (QED) is 0.801. The number of halogens is 1. The van der Waals surface area contributed by atoms with Crippen molar-refractivity contribution in [2.45, 2.75) is 19.3 Å². The van der Waals surface area contributed by atoms with Crippen molar-refractivity contribution in [1.29, 1.82) is 0 Å². The summed E-state index contributed by atoms with van der Waals surface area (Å²) in [4.78, 5) is 18.6. The number of aromatic nitrogens is 1. The number of nitrogens with zero attached hydrogens (tertiary/aromatic N) is 2. The molecule has 1 aliphatic heterocycles. The van der Waals surface area contributed by atoms with Gasteiger partial charge in [-0.15, -0.1) is 12.4 Å². The number of carbonyl (C=O) groups excluding carboxylic acids is 1. The van der Waals surface area contributed by atoms with E-state index in [1.165, 1.54) is 6.42 Å². The maximum atomic E-state index is 12.3. The topological polar surface area (TPSA) is 33.2 Å². The van der Waals surface area contributed by atoms with Crippen LogP contribution in [0.2, 0.25) is 0 Å². The lowest BCUT2D eigenvalue weighted by atomic mass is 10.1. The molecule has 3 rings (SSSR count). The van der Waals surface area contributed by atoms with E-state index < -0.39 is 0 Å². The first kappa shape index (κ1) is 13.8. The first-order valence-corrected chi connectivity index (χ1v) is 6.49. The van der Waals surface area contributed by atoms with Gasteiger partial charge in [0, 0.05) is 24.7 Å². The standard InChI is InChI=1S/C15H16N2O.ClH/c18-15(17-8-4-1-5-9-17)13-10-12-6-2-3-7-14(12)16-11-13;/h2-3,6-7,10-11H,1,4-5,8-9H2;1H. The van der Waals surface area contributed by atoms with Crippen LogP contribution in [0.4, 0.5) is 0 Å². The van der Waals surface area contributed by atoms with Crippen molar-refractivity contribution in [3.63, 3.8) is 0 Å². The van der Waals surface area contributed by atoms with Gasteiger partial charge in [0.25, 0.3) is 5.91 Å². The van der Waals surface area contributed by atoms with Gasteiger partial charge in [-0.3, -0.25) is 9.78 Å². The highest BCUT2D eigenvalue weighted by atomic mass is 35.5. The van der Waals surface area contributed by atoms with Crippen molar-refractivity contribution in [3.05, 3.63) is 42.1 Å². The zero-order chi connectivity index (χ0) is 12.4. The number of amides is 1. The Morgan fingerprint density at radius 1 is 1.11 bits per heavy atom. The van der Waals surface area contributed by atoms with Crippen molar-refractivity contribution in [2.75, 3.05) is 13.1 Å². The Morgan fingerprint density at radius 3 is 2.63 bits per heavy atom. The van der Waals surface area contributed by atoms with Gasteiger partial charge in [0.2, 0.25) is 0 Å². The van der Waals surface area contributed by atoms with Gasteiger partial charge in [0.05, 0.1) is 11.1 Å². The molecule has 0 radical (unpaired) electrons. The van der Waals surface area contributed by atoms with Crippen LogP contribution in [0.3, 0.4) is 0 Å². The number of rotatable bonds is 1. The van der Waals surface area contributed by atoms with Gasteiger partial charge in [-0.25, -0.2) is 0 Å². The molecular weight excluding hydrogens is 260 g/mol. The SMILES string of the molecule is Cl.O=C(c1cnc2ccccc2c1)N1CCCCC1. The molecule has 0 N–H and O–H groups in total. The average Bonchev–Trinajstić information content (AvgIpc) is 2.47. The fourth-order valence-electron chi connectivity index (χ4n) is 2.47. The molecule has 0 unspecified atom stereocenters. The minimum absolute atomic E-state index is 0. The van der Waals surface area contributed by atoms with Gasteiger partial charge < -0.3 is 4.90 Å². The van der Waals surface area contributed by atoms with Crippen LogP contribution < -0.4 is 0 Å². The van der Waals surface area contributed by atoms with Gasteiger partial charge >= 0.3 is 0 Å². The lowest BCUT2D eigenvalue weighted by Crippen LogP contribution is -2.35. The molecule has 100 valence electrons. The molecule has 19 heavy (non-hydrogen) atoms. The molecule has 0 atom stereocenters. The van der Waals surface area contributed by atoms with Crippen LogP contribution in [0.5, 0.6) is 0 Å². The molecule has 1 saturated heterocycles. The molecule has 0 aliphatic carbocycles. The number of hydrogen-bond acceptors (Lipinski definition) is 2. The van der Waals surface area contributed by atoms with Crippen LogP contribution in [0.25, 0.3) is 10.9 Å². The summed E-state index contributed by atoms with van der Waals surface area (Å²) in [5, 5.41) is 1.03. The number of benzene rings is 1. The Bertz CT molecular complexity index is 579. The summed E-state index contributed by atoms with van der Waals surface area (Å²) in [5.41, 5.74) is 1.64. The number of fused-ring (bicyclic) bond motifs is 1. The molecule has 0 saturated carbocycles. The van der Waals surface area contributed by atoms with E-state index in [0.29, 0.717) is 5.56 Å². The second kappa shape index (κ2) is 6.02. The molecule has 2 aromatic rings. The van der Waals surface area contributed by atoms with Crippen LogP contribution in [0.1, 0.15) is 29.6 Å². The van der Waals surface area contributed by atoms with Crippen LogP contribution in [-0.2, 0) is 0 Å². The Morgan fingerprint density at radius 2 is 1.84 bits per heavy atom. The molecular formula is C15H17ClN2O. The van der Waals surface area contributed by atoms with Crippen molar-refractivity contribution in [1.82, 2.24) is 9.88 Å². The summed E-state index contributed by atoms with van der Waals surface area (Å²) in [6, 6.07) is 9.83. The number of carbonyl (C=O) groups is 1.